The van der Waals surface area contributed by atoms with E-state index >= 15 is 0 Å². The van der Waals surface area contributed by atoms with Crippen molar-refractivity contribution in [3.8, 4) is 0 Å². The summed E-state index contributed by atoms with van der Waals surface area (Å²) in [6.45, 7) is 6.91. The zero-order valence-corrected chi connectivity index (χ0v) is 9.77. The van der Waals surface area contributed by atoms with E-state index in [-0.39, 0.29) is 0 Å². The molecular formula is C11H19NOS. The molecule has 1 rings (SSSR count). The second-order valence-corrected chi connectivity index (χ2v) is 4.33. The fraction of sp³-hybridized carbons (Fsp3) is 0.636. The number of rotatable bonds is 7. The van der Waals surface area contributed by atoms with Crippen LogP contribution in [0.3, 0.4) is 0 Å². The van der Waals surface area contributed by atoms with E-state index in [1.165, 1.54) is 4.88 Å². The molecule has 0 aliphatic rings. The zero-order valence-electron chi connectivity index (χ0n) is 8.95. The van der Waals surface area contributed by atoms with Gasteiger partial charge in [-0.15, -0.1) is 11.3 Å². The van der Waals surface area contributed by atoms with Crippen LogP contribution >= 0.6 is 11.3 Å². The van der Waals surface area contributed by atoms with Gasteiger partial charge in [0.1, 0.15) is 0 Å². The van der Waals surface area contributed by atoms with Crippen molar-refractivity contribution in [2.24, 2.45) is 0 Å². The molecule has 80 valence electrons. The van der Waals surface area contributed by atoms with Gasteiger partial charge in [-0.3, -0.25) is 0 Å². The maximum Gasteiger partial charge on any atom is 0.0671 e. The highest BCUT2D eigenvalue weighted by Crippen LogP contribution is 2.07. The molecule has 1 heterocycles. The Morgan fingerprint density at radius 3 is 3.07 bits per heavy atom. The van der Waals surface area contributed by atoms with Crippen molar-refractivity contribution >= 4 is 11.3 Å². The van der Waals surface area contributed by atoms with Gasteiger partial charge in [0.15, 0.2) is 0 Å². The molecule has 0 saturated heterocycles. The zero-order chi connectivity index (χ0) is 10.2. The number of nitrogens with one attached hydrogen (secondary N) is 1. The van der Waals surface area contributed by atoms with Crippen molar-refractivity contribution in [3.63, 3.8) is 0 Å². The molecule has 0 spiro atoms. The Labute approximate surface area is 90.3 Å². The maximum atomic E-state index is 5.42. The fourth-order valence-electron chi connectivity index (χ4n) is 1.32. The van der Waals surface area contributed by atoms with Gasteiger partial charge in [-0.05, 0) is 31.7 Å². The summed E-state index contributed by atoms with van der Waals surface area (Å²) in [5, 5.41) is 5.51. The average molecular weight is 213 g/mol. The lowest BCUT2D eigenvalue weighted by molar-refractivity contribution is 0.0764. The Kier molecular flexibility index (Phi) is 5.83. The number of hydrogen-bond acceptors (Lipinski definition) is 3. The Morgan fingerprint density at radius 1 is 1.57 bits per heavy atom. The lowest BCUT2D eigenvalue weighted by atomic mass is 10.3. The van der Waals surface area contributed by atoms with E-state index in [1.807, 2.05) is 18.3 Å². The molecule has 0 aliphatic carbocycles. The molecule has 2 nitrogen and oxygen atoms in total. The first-order chi connectivity index (χ1) is 6.83. The number of hydrogen-bond donors (Lipinski definition) is 1. The standard InChI is InChI=1S/C11H19NOS/c1-3-13-10(2)9-12-7-6-11-5-4-8-14-11/h4-5,8,10,12H,3,6-7,9H2,1-2H3. The van der Waals surface area contributed by atoms with E-state index in [9.17, 15) is 0 Å². The highest BCUT2D eigenvalue weighted by molar-refractivity contribution is 7.09. The van der Waals surface area contributed by atoms with Gasteiger partial charge in [0.05, 0.1) is 6.10 Å². The molecule has 1 aromatic heterocycles. The molecular weight excluding hydrogens is 194 g/mol. The topological polar surface area (TPSA) is 21.3 Å². The molecule has 0 fully saturated rings. The first-order valence-electron chi connectivity index (χ1n) is 5.17. The minimum absolute atomic E-state index is 0.323. The summed E-state index contributed by atoms with van der Waals surface area (Å²) in [6.07, 6.45) is 1.44. The molecule has 0 aliphatic heterocycles. The summed E-state index contributed by atoms with van der Waals surface area (Å²) >= 11 is 1.82. The Hall–Kier alpha value is -0.380. The smallest absolute Gasteiger partial charge is 0.0671 e. The van der Waals surface area contributed by atoms with E-state index in [1.54, 1.807) is 0 Å². The van der Waals surface area contributed by atoms with Crippen LogP contribution in [0.15, 0.2) is 17.5 Å². The molecule has 0 radical (unpaired) electrons. The SMILES string of the molecule is CCOC(C)CNCCc1cccs1. The van der Waals surface area contributed by atoms with Crippen LogP contribution in [0, 0.1) is 0 Å². The van der Waals surface area contributed by atoms with Gasteiger partial charge < -0.3 is 10.1 Å². The lowest BCUT2D eigenvalue weighted by Gasteiger charge is -2.11. The molecule has 1 unspecified atom stereocenters. The molecule has 1 N–H and O–H groups in total. The van der Waals surface area contributed by atoms with Crippen LogP contribution in [-0.2, 0) is 11.2 Å². The summed E-state index contributed by atoms with van der Waals surface area (Å²) in [5.74, 6) is 0. The fourth-order valence-corrected chi connectivity index (χ4v) is 2.02. The Morgan fingerprint density at radius 2 is 2.43 bits per heavy atom. The van der Waals surface area contributed by atoms with Gasteiger partial charge in [-0.1, -0.05) is 6.07 Å². The van der Waals surface area contributed by atoms with Gasteiger partial charge in [0.25, 0.3) is 0 Å². The van der Waals surface area contributed by atoms with Crippen LogP contribution in [0.4, 0.5) is 0 Å². The van der Waals surface area contributed by atoms with Crippen molar-refractivity contribution in [1.82, 2.24) is 5.32 Å². The lowest BCUT2D eigenvalue weighted by Crippen LogP contribution is -2.28. The predicted molar refractivity (Wildman–Crippen MR) is 62.0 cm³/mol. The van der Waals surface area contributed by atoms with Gasteiger partial charge in [-0.25, -0.2) is 0 Å². The van der Waals surface area contributed by atoms with Crippen LogP contribution in [0.5, 0.6) is 0 Å². The summed E-state index contributed by atoms with van der Waals surface area (Å²) in [7, 11) is 0. The van der Waals surface area contributed by atoms with Crippen molar-refractivity contribution in [2.45, 2.75) is 26.4 Å². The van der Waals surface area contributed by atoms with E-state index in [0.717, 1.165) is 26.1 Å². The Bertz CT molecular complexity index is 223. The highest BCUT2D eigenvalue weighted by atomic mass is 32.1. The van der Waals surface area contributed by atoms with Crippen LogP contribution in [0.25, 0.3) is 0 Å². The Balaban J connectivity index is 1.99. The van der Waals surface area contributed by atoms with E-state index in [0.29, 0.717) is 6.10 Å². The first kappa shape index (κ1) is 11.7. The maximum absolute atomic E-state index is 5.42. The predicted octanol–water partition coefficient (Wildman–Crippen LogP) is 2.31. The third-order valence-corrected chi connectivity index (χ3v) is 2.95. The second kappa shape index (κ2) is 6.98. The van der Waals surface area contributed by atoms with Crippen molar-refractivity contribution in [1.29, 1.82) is 0 Å². The third-order valence-electron chi connectivity index (χ3n) is 2.01. The van der Waals surface area contributed by atoms with Crippen LogP contribution in [0.2, 0.25) is 0 Å². The van der Waals surface area contributed by atoms with E-state index < -0.39 is 0 Å². The average Bonchev–Trinajstić information content (AvgIpc) is 2.65. The van der Waals surface area contributed by atoms with Gasteiger partial charge in [-0.2, -0.15) is 0 Å². The van der Waals surface area contributed by atoms with Crippen molar-refractivity contribution in [2.75, 3.05) is 19.7 Å². The summed E-state index contributed by atoms with van der Waals surface area (Å²) in [5.41, 5.74) is 0. The van der Waals surface area contributed by atoms with Gasteiger partial charge in [0, 0.05) is 24.6 Å². The van der Waals surface area contributed by atoms with Gasteiger partial charge >= 0.3 is 0 Å². The molecule has 1 atom stereocenters. The first-order valence-corrected chi connectivity index (χ1v) is 6.05. The summed E-state index contributed by atoms with van der Waals surface area (Å²) in [6, 6.07) is 4.28. The van der Waals surface area contributed by atoms with Crippen LogP contribution in [0.1, 0.15) is 18.7 Å². The monoisotopic (exact) mass is 213 g/mol. The summed E-state index contributed by atoms with van der Waals surface area (Å²) in [4.78, 5) is 1.45. The normalized spacial score (nSPS) is 13.0. The molecule has 14 heavy (non-hydrogen) atoms. The molecule has 3 heteroatoms. The summed E-state index contributed by atoms with van der Waals surface area (Å²) < 4.78 is 5.42. The van der Waals surface area contributed by atoms with Crippen LogP contribution in [-0.4, -0.2) is 25.8 Å². The van der Waals surface area contributed by atoms with Gasteiger partial charge in [0.2, 0.25) is 0 Å². The molecule has 0 aromatic carbocycles. The molecule has 0 amide bonds. The number of thiophene rings is 1. The highest BCUT2D eigenvalue weighted by Gasteiger charge is 1.99. The van der Waals surface area contributed by atoms with E-state index in [4.69, 9.17) is 4.74 Å². The molecule has 1 aromatic rings. The minimum Gasteiger partial charge on any atom is -0.377 e. The third kappa shape index (κ3) is 4.74. The quantitative estimate of drug-likeness (QED) is 0.702. The number of ether oxygens (including phenoxy) is 1. The molecule has 0 bridgehead atoms. The molecule has 0 saturated carbocycles. The second-order valence-electron chi connectivity index (χ2n) is 3.30. The largest absolute Gasteiger partial charge is 0.377 e. The van der Waals surface area contributed by atoms with Crippen molar-refractivity contribution in [3.05, 3.63) is 22.4 Å². The minimum atomic E-state index is 0.323. The van der Waals surface area contributed by atoms with E-state index in [2.05, 4.69) is 29.8 Å². The van der Waals surface area contributed by atoms with Crippen LogP contribution < -0.4 is 5.32 Å². The van der Waals surface area contributed by atoms with Crippen molar-refractivity contribution < 1.29 is 4.74 Å².